The quantitative estimate of drug-likeness (QED) is 0.650. The van der Waals surface area contributed by atoms with E-state index in [1.54, 1.807) is 4.90 Å². The number of amides is 1. The highest BCUT2D eigenvalue weighted by Gasteiger charge is 2.41. The van der Waals surface area contributed by atoms with Gasteiger partial charge in [0.05, 0.1) is 4.92 Å². The molecule has 126 valence electrons. The second-order valence-electron chi connectivity index (χ2n) is 6.15. The van der Waals surface area contributed by atoms with Crippen LogP contribution in [0.1, 0.15) is 29.6 Å². The SMILES string of the molecule is Cl.O=C(c1ccc(Cl)cc1[N+](=O)[O-])N1CCC2(CCNCC2)C1. The Balaban J connectivity index is 0.00000192. The molecule has 2 heterocycles. The Hall–Kier alpha value is -1.37. The van der Waals surface area contributed by atoms with E-state index in [0.29, 0.717) is 13.1 Å². The standard InChI is InChI=1S/C15H18ClN3O3.ClH/c16-11-1-2-12(13(9-11)19(21)22)14(20)18-8-5-15(10-18)3-6-17-7-4-15;/h1-2,9,17H,3-8,10H2;1H. The number of nitrogens with one attached hydrogen (secondary N) is 1. The minimum atomic E-state index is -0.546. The number of nitrogens with zero attached hydrogens (tertiary/aromatic N) is 2. The Kier molecular flexibility index (Phi) is 5.49. The van der Waals surface area contributed by atoms with Crippen molar-refractivity contribution in [2.75, 3.05) is 26.2 Å². The fourth-order valence-electron chi connectivity index (χ4n) is 3.48. The van der Waals surface area contributed by atoms with Gasteiger partial charge in [0.2, 0.25) is 0 Å². The predicted molar refractivity (Wildman–Crippen MR) is 90.4 cm³/mol. The summed E-state index contributed by atoms with van der Waals surface area (Å²) in [6, 6.07) is 4.22. The average Bonchev–Trinajstić information content (AvgIpc) is 2.91. The van der Waals surface area contributed by atoms with Gasteiger partial charge in [-0.25, -0.2) is 0 Å². The van der Waals surface area contributed by atoms with Gasteiger partial charge in [0, 0.05) is 24.2 Å². The Morgan fingerprint density at radius 2 is 2.00 bits per heavy atom. The topological polar surface area (TPSA) is 75.5 Å². The smallest absolute Gasteiger partial charge is 0.283 e. The molecule has 3 rings (SSSR count). The van der Waals surface area contributed by atoms with Gasteiger partial charge in [-0.2, -0.15) is 0 Å². The number of carbonyl (C=O) groups is 1. The molecule has 0 unspecified atom stereocenters. The van der Waals surface area contributed by atoms with E-state index >= 15 is 0 Å². The molecule has 1 aromatic carbocycles. The van der Waals surface area contributed by atoms with Crippen LogP contribution in [0.5, 0.6) is 0 Å². The molecule has 0 aromatic heterocycles. The maximum atomic E-state index is 12.7. The summed E-state index contributed by atoms with van der Waals surface area (Å²) in [5.74, 6) is -0.265. The van der Waals surface area contributed by atoms with E-state index in [1.807, 2.05) is 0 Å². The van der Waals surface area contributed by atoms with Gasteiger partial charge < -0.3 is 10.2 Å². The van der Waals surface area contributed by atoms with E-state index in [9.17, 15) is 14.9 Å². The van der Waals surface area contributed by atoms with Crippen LogP contribution < -0.4 is 5.32 Å². The second kappa shape index (κ2) is 7.03. The van der Waals surface area contributed by atoms with Gasteiger partial charge in [0.25, 0.3) is 11.6 Å². The number of nitro benzene ring substituents is 1. The fourth-order valence-corrected chi connectivity index (χ4v) is 3.65. The number of halogens is 2. The molecule has 6 nitrogen and oxygen atoms in total. The maximum absolute atomic E-state index is 12.7. The third-order valence-electron chi connectivity index (χ3n) is 4.78. The molecule has 0 radical (unpaired) electrons. The summed E-state index contributed by atoms with van der Waals surface area (Å²) in [5.41, 5.74) is 0.0893. The van der Waals surface area contributed by atoms with Crippen molar-refractivity contribution in [3.05, 3.63) is 38.9 Å². The minimum Gasteiger partial charge on any atom is -0.338 e. The van der Waals surface area contributed by atoms with Crippen LogP contribution in [-0.2, 0) is 0 Å². The van der Waals surface area contributed by atoms with Gasteiger partial charge in [0.15, 0.2) is 0 Å². The van der Waals surface area contributed by atoms with Gasteiger partial charge in [-0.1, -0.05) is 11.6 Å². The second-order valence-corrected chi connectivity index (χ2v) is 6.58. The van der Waals surface area contributed by atoms with Gasteiger partial charge in [-0.3, -0.25) is 14.9 Å². The lowest BCUT2D eigenvalue weighted by molar-refractivity contribution is -0.385. The number of nitro groups is 1. The molecule has 2 aliphatic heterocycles. The molecule has 0 saturated carbocycles. The molecular weight excluding hydrogens is 341 g/mol. The maximum Gasteiger partial charge on any atom is 0.283 e. The summed E-state index contributed by atoms with van der Waals surface area (Å²) < 4.78 is 0. The summed E-state index contributed by atoms with van der Waals surface area (Å²) in [4.78, 5) is 25.0. The first-order chi connectivity index (χ1) is 10.5. The monoisotopic (exact) mass is 359 g/mol. The Morgan fingerprint density at radius 1 is 1.30 bits per heavy atom. The number of likely N-dealkylation sites (tertiary alicyclic amines) is 1. The highest BCUT2D eigenvalue weighted by Crippen LogP contribution is 2.39. The first kappa shape index (κ1) is 18.0. The fraction of sp³-hybridized carbons (Fsp3) is 0.533. The molecule has 8 heteroatoms. The lowest BCUT2D eigenvalue weighted by Crippen LogP contribution is -2.39. The third kappa shape index (κ3) is 3.59. The number of hydrogen-bond donors (Lipinski definition) is 1. The molecule has 1 N–H and O–H groups in total. The molecule has 1 spiro atoms. The molecule has 1 amide bonds. The number of carbonyl (C=O) groups excluding carboxylic acids is 1. The molecule has 23 heavy (non-hydrogen) atoms. The molecule has 1 aromatic rings. The van der Waals surface area contributed by atoms with E-state index < -0.39 is 4.92 Å². The van der Waals surface area contributed by atoms with Crippen LogP contribution in [0.3, 0.4) is 0 Å². The van der Waals surface area contributed by atoms with Crippen molar-refractivity contribution in [3.63, 3.8) is 0 Å². The largest absolute Gasteiger partial charge is 0.338 e. The summed E-state index contributed by atoms with van der Waals surface area (Å²) in [6.07, 6.45) is 3.08. The number of rotatable bonds is 2. The van der Waals surface area contributed by atoms with Crippen LogP contribution in [0.15, 0.2) is 18.2 Å². The zero-order valence-electron chi connectivity index (χ0n) is 12.6. The van der Waals surface area contributed by atoms with Gasteiger partial charge >= 0.3 is 0 Å². The summed E-state index contributed by atoms with van der Waals surface area (Å²) >= 11 is 5.81. The van der Waals surface area contributed by atoms with Gasteiger partial charge in [-0.05, 0) is 49.9 Å². The number of hydrogen-bond acceptors (Lipinski definition) is 4. The van der Waals surface area contributed by atoms with Crippen molar-refractivity contribution in [2.24, 2.45) is 5.41 Å². The van der Waals surface area contributed by atoms with Crippen molar-refractivity contribution in [1.82, 2.24) is 10.2 Å². The predicted octanol–water partition coefficient (Wildman–Crippen LogP) is 2.89. The van der Waals surface area contributed by atoms with Crippen LogP contribution in [-0.4, -0.2) is 41.9 Å². The van der Waals surface area contributed by atoms with Crippen molar-refractivity contribution < 1.29 is 9.72 Å². The lowest BCUT2D eigenvalue weighted by atomic mass is 9.78. The van der Waals surface area contributed by atoms with Crippen LogP contribution in [0.4, 0.5) is 5.69 Å². The first-order valence-corrected chi connectivity index (χ1v) is 7.83. The van der Waals surface area contributed by atoms with Crippen molar-refractivity contribution in [3.8, 4) is 0 Å². The Bertz CT molecular complexity index is 618. The number of benzene rings is 1. The molecule has 0 bridgehead atoms. The van der Waals surface area contributed by atoms with E-state index in [-0.39, 0.29) is 40.0 Å². The van der Waals surface area contributed by atoms with Crippen LogP contribution in [0.2, 0.25) is 5.02 Å². The summed E-state index contributed by atoms with van der Waals surface area (Å²) in [5, 5.41) is 14.8. The highest BCUT2D eigenvalue weighted by atomic mass is 35.5. The van der Waals surface area contributed by atoms with E-state index in [0.717, 1.165) is 32.4 Å². The van der Waals surface area contributed by atoms with Gasteiger partial charge in [0.1, 0.15) is 5.56 Å². The summed E-state index contributed by atoms with van der Waals surface area (Å²) in [6.45, 7) is 3.30. The van der Waals surface area contributed by atoms with E-state index in [4.69, 9.17) is 11.6 Å². The molecular formula is C15H19Cl2N3O3. The first-order valence-electron chi connectivity index (χ1n) is 7.45. The van der Waals surface area contributed by atoms with E-state index in [1.165, 1.54) is 18.2 Å². The van der Waals surface area contributed by atoms with Gasteiger partial charge in [-0.15, -0.1) is 12.4 Å². The highest BCUT2D eigenvalue weighted by molar-refractivity contribution is 6.31. The average molecular weight is 360 g/mol. The summed E-state index contributed by atoms with van der Waals surface area (Å²) in [7, 11) is 0. The normalized spacial score (nSPS) is 19.4. The third-order valence-corrected chi connectivity index (χ3v) is 5.01. The van der Waals surface area contributed by atoms with Crippen LogP contribution >= 0.6 is 24.0 Å². The molecule has 2 saturated heterocycles. The van der Waals surface area contributed by atoms with Crippen molar-refractivity contribution in [2.45, 2.75) is 19.3 Å². The Labute approximate surface area is 145 Å². The van der Waals surface area contributed by atoms with Crippen molar-refractivity contribution >= 4 is 35.6 Å². The van der Waals surface area contributed by atoms with Crippen LogP contribution in [0, 0.1) is 15.5 Å². The number of piperidine rings is 1. The van der Waals surface area contributed by atoms with E-state index in [2.05, 4.69) is 5.32 Å². The Morgan fingerprint density at radius 3 is 2.65 bits per heavy atom. The van der Waals surface area contributed by atoms with Crippen LogP contribution in [0.25, 0.3) is 0 Å². The lowest BCUT2D eigenvalue weighted by Gasteiger charge is -2.33. The van der Waals surface area contributed by atoms with Crippen molar-refractivity contribution in [1.29, 1.82) is 0 Å². The molecule has 0 atom stereocenters. The molecule has 2 fully saturated rings. The minimum absolute atomic E-state index is 0. The molecule has 2 aliphatic rings. The molecule has 0 aliphatic carbocycles. The zero-order chi connectivity index (χ0) is 15.7. The zero-order valence-corrected chi connectivity index (χ0v) is 14.2.